The lowest BCUT2D eigenvalue weighted by molar-refractivity contribution is -0.137. The Morgan fingerprint density at radius 3 is 2.37 bits per heavy atom. The molecule has 1 aliphatic rings. The summed E-state index contributed by atoms with van der Waals surface area (Å²) in [6, 6.07) is 5.07. The summed E-state index contributed by atoms with van der Waals surface area (Å²) in [5.41, 5.74) is -0.105. The Morgan fingerprint density at radius 1 is 1.07 bits per heavy atom. The van der Waals surface area contributed by atoms with Crippen LogP contribution in [0.25, 0.3) is 0 Å². The molecule has 3 amide bonds. The third-order valence-electron chi connectivity index (χ3n) is 3.85. The molecule has 0 radical (unpaired) electrons. The van der Waals surface area contributed by atoms with Gasteiger partial charge in [-0.3, -0.25) is 10.1 Å². The Bertz CT molecular complexity index is 815. The minimum atomic E-state index is -4.43. The minimum Gasteiger partial charge on any atom is -0.378 e. The Kier molecular flexibility index (Phi) is 5.66. The quantitative estimate of drug-likeness (QED) is 0.823. The smallest absolute Gasteiger partial charge is 0.378 e. The highest BCUT2D eigenvalue weighted by Gasteiger charge is 2.30. The van der Waals surface area contributed by atoms with E-state index in [0.717, 1.165) is 12.1 Å². The molecule has 0 spiro atoms. The van der Waals surface area contributed by atoms with Gasteiger partial charge in [0.15, 0.2) is 0 Å². The molecule has 1 saturated heterocycles. The summed E-state index contributed by atoms with van der Waals surface area (Å²) in [6.07, 6.45) is -4.43. The van der Waals surface area contributed by atoms with Crippen LogP contribution in [-0.2, 0) is 10.9 Å². The number of halogens is 3. The summed E-state index contributed by atoms with van der Waals surface area (Å²) in [7, 11) is 0. The number of amides is 3. The molecule has 10 heteroatoms. The second kappa shape index (κ2) is 7.97. The van der Waals surface area contributed by atoms with E-state index in [1.807, 2.05) is 0 Å². The Morgan fingerprint density at radius 2 is 1.74 bits per heavy atom. The van der Waals surface area contributed by atoms with E-state index >= 15 is 0 Å². The molecule has 0 aliphatic carbocycles. The number of hydrogen-bond donors (Lipinski definition) is 2. The molecule has 6 nitrogen and oxygen atoms in total. The summed E-state index contributed by atoms with van der Waals surface area (Å²) in [5, 5.41) is 7.11. The standard InChI is InChI=1S/C17H16F3N3O3S/c18-17(19,20)12-1-3-13(4-2-12)21-16(25)22-14-9-11(10-27-14)15(24)23-5-7-26-8-6-23/h1-4,9-10H,5-8H2,(H2,21,22,25). The van der Waals surface area contributed by atoms with Gasteiger partial charge in [-0.2, -0.15) is 13.2 Å². The number of carbonyl (C=O) groups is 2. The third kappa shape index (κ3) is 4.98. The van der Waals surface area contributed by atoms with Gasteiger partial charge in [-0.05, 0) is 30.3 Å². The zero-order chi connectivity index (χ0) is 19.4. The summed E-state index contributed by atoms with van der Waals surface area (Å²) in [6.45, 7) is 2.03. The topological polar surface area (TPSA) is 70.7 Å². The molecule has 0 bridgehead atoms. The van der Waals surface area contributed by atoms with Crippen molar-refractivity contribution in [3.05, 3.63) is 46.8 Å². The molecule has 1 aromatic carbocycles. The van der Waals surface area contributed by atoms with E-state index in [2.05, 4.69) is 10.6 Å². The zero-order valence-electron chi connectivity index (χ0n) is 14.0. The van der Waals surface area contributed by atoms with Crippen molar-refractivity contribution in [2.75, 3.05) is 36.9 Å². The molecule has 0 unspecified atom stereocenters. The summed E-state index contributed by atoms with van der Waals surface area (Å²) < 4.78 is 42.8. The normalized spacial score (nSPS) is 14.7. The lowest BCUT2D eigenvalue weighted by Gasteiger charge is -2.26. The molecule has 1 aromatic heterocycles. The van der Waals surface area contributed by atoms with Crippen LogP contribution in [0, 0.1) is 0 Å². The van der Waals surface area contributed by atoms with Gasteiger partial charge < -0.3 is 15.0 Å². The van der Waals surface area contributed by atoms with Crippen molar-refractivity contribution in [1.29, 1.82) is 0 Å². The molecule has 2 N–H and O–H groups in total. The van der Waals surface area contributed by atoms with Gasteiger partial charge in [0.05, 0.1) is 29.3 Å². The predicted octanol–water partition coefficient (Wildman–Crippen LogP) is 3.88. The molecular weight excluding hydrogens is 383 g/mol. The number of rotatable bonds is 3. The lowest BCUT2D eigenvalue weighted by atomic mass is 10.2. The number of nitrogens with zero attached hydrogens (tertiary/aromatic N) is 1. The number of hydrogen-bond acceptors (Lipinski definition) is 4. The van der Waals surface area contributed by atoms with Gasteiger partial charge in [-0.15, -0.1) is 11.3 Å². The average molecular weight is 399 g/mol. The molecule has 144 valence electrons. The molecule has 1 fully saturated rings. The van der Waals surface area contributed by atoms with Gasteiger partial charge in [0.1, 0.15) is 0 Å². The number of nitrogens with one attached hydrogen (secondary N) is 2. The number of benzene rings is 1. The Labute approximate surface area is 156 Å². The second-order valence-corrected chi connectivity index (χ2v) is 6.67. The molecule has 2 aromatic rings. The Balaban J connectivity index is 1.57. The first kappa shape index (κ1) is 19.2. The van der Waals surface area contributed by atoms with Crippen molar-refractivity contribution in [3.8, 4) is 0 Å². The fourth-order valence-electron chi connectivity index (χ4n) is 2.48. The molecule has 3 rings (SSSR count). The van der Waals surface area contributed by atoms with Crippen molar-refractivity contribution >= 4 is 34.0 Å². The van der Waals surface area contributed by atoms with Crippen molar-refractivity contribution in [2.24, 2.45) is 0 Å². The summed E-state index contributed by atoms with van der Waals surface area (Å²) >= 11 is 1.19. The van der Waals surface area contributed by atoms with Crippen molar-refractivity contribution in [3.63, 3.8) is 0 Å². The molecule has 0 saturated carbocycles. The number of carbonyl (C=O) groups excluding carboxylic acids is 2. The van der Waals surface area contributed by atoms with Crippen LogP contribution in [0.15, 0.2) is 35.7 Å². The highest BCUT2D eigenvalue weighted by molar-refractivity contribution is 7.14. The average Bonchev–Trinajstić information content (AvgIpc) is 3.09. The second-order valence-electron chi connectivity index (χ2n) is 5.76. The van der Waals surface area contributed by atoms with Gasteiger partial charge in [0.2, 0.25) is 0 Å². The predicted molar refractivity (Wildman–Crippen MR) is 95.1 cm³/mol. The van der Waals surface area contributed by atoms with Crippen LogP contribution in [0.5, 0.6) is 0 Å². The third-order valence-corrected chi connectivity index (χ3v) is 4.70. The largest absolute Gasteiger partial charge is 0.416 e. The molecule has 2 heterocycles. The first-order valence-electron chi connectivity index (χ1n) is 8.04. The Hall–Kier alpha value is -2.59. The number of alkyl halides is 3. The van der Waals surface area contributed by atoms with Gasteiger partial charge in [-0.25, -0.2) is 4.79 Å². The summed E-state index contributed by atoms with van der Waals surface area (Å²) in [5.74, 6) is -0.134. The monoisotopic (exact) mass is 399 g/mol. The minimum absolute atomic E-state index is 0.134. The van der Waals surface area contributed by atoms with Gasteiger partial charge in [0, 0.05) is 24.2 Å². The first-order chi connectivity index (χ1) is 12.8. The maximum absolute atomic E-state index is 12.5. The van der Waals surface area contributed by atoms with E-state index in [1.165, 1.54) is 23.5 Å². The van der Waals surface area contributed by atoms with Crippen molar-refractivity contribution in [1.82, 2.24) is 4.90 Å². The van der Waals surface area contributed by atoms with Crippen LogP contribution >= 0.6 is 11.3 Å². The number of ether oxygens (including phenoxy) is 1. The maximum atomic E-state index is 12.5. The van der Waals surface area contributed by atoms with Crippen LogP contribution in [0.1, 0.15) is 15.9 Å². The van der Waals surface area contributed by atoms with Crippen molar-refractivity contribution < 1.29 is 27.5 Å². The molecule has 0 atom stereocenters. The zero-order valence-corrected chi connectivity index (χ0v) is 14.8. The SMILES string of the molecule is O=C(Nc1ccc(C(F)(F)F)cc1)Nc1cc(C(=O)N2CCOCC2)cs1. The highest BCUT2D eigenvalue weighted by Crippen LogP contribution is 2.30. The molecule has 27 heavy (non-hydrogen) atoms. The van der Waals surface area contributed by atoms with Gasteiger partial charge in [0.25, 0.3) is 5.91 Å². The van der Waals surface area contributed by atoms with E-state index in [4.69, 9.17) is 4.74 Å². The van der Waals surface area contributed by atoms with Crippen LogP contribution in [0.3, 0.4) is 0 Å². The van der Waals surface area contributed by atoms with Gasteiger partial charge >= 0.3 is 12.2 Å². The van der Waals surface area contributed by atoms with Crippen LogP contribution < -0.4 is 10.6 Å². The van der Waals surface area contributed by atoms with Crippen LogP contribution in [-0.4, -0.2) is 43.1 Å². The maximum Gasteiger partial charge on any atom is 0.416 e. The van der Waals surface area contributed by atoms with E-state index in [-0.39, 0.29) is 11.6 Å². The fraction of sp³-hybridized carbons (Fsp3) is 0.294. The fourth-order valence-corrected chi connectivity index (χ4v) is 3.25. The van der Waals surface area contributed by atoms with E-state index in [0.29, 0.717) is 36.9 Å². The first-order valence-corrected chi connectivity index (χ1v) is 8.92. The number of urea groups is 1. The van der Waals surface area contributed by atoms with Crippen LogP contribution in [0.4, 0.5) is 28.7 Å². The highest BCUT2D eigenvalue weighted by atomic mass is 32.1. The van der Waals surface area contributed by atoms with Crippen molar-refractivity contribution in [2.45, 2.75) is 6.18 Å². The molecule has 1 aliphatic heterocycles. The lowest BCUT2D eigenvalue weighted by Crippen LogP contribution is -2.40. The number of morpholine rings is 1. The molecular formula is C17H16F3N3O3S. The summed E-state index contributed by atoms with van der Waals surface area (Å²) in [4.78, 5) is 26.0. The van der Waals surface area contributed by atoms with E-state index in [9.17, 15) is 22.8 Å². The van der Waals surface area contributed by atoms with E-state index in [1.54, 1.807) is 16.3 Å². The number of anilines is 2. The van der Waals surface area contributed by atoms with Gasteiger partial charge in [-0.1, -0.05) is 0 Å². The van der Waals surface area contributed by atoms with Crippen LogP contribution in [0.2, 0.25) is 0 Å². The number of thiophene rings is 1. The van der Waals surface area contributed by atoms with E-state index < -0.39 is 17.8 Å².